The Morgan fingerprint density at radius 3 is 2.71 bits per heavy atom. The first-order valence-corrected chi connectivity index (χ1v) is 9.69. The van der Waals surface area contributed by atoms with Gasteiger partial charge in [0.25, 0.3) is 0 Å². The number of hydrogen-bond acceptors (Lipinski definition) is 4. The zero-order chi connectivity index (χ0) is 15.6. The fourth-order valence-corrected chi connectivity index (χ4v) is 5.35. The number of hydrogen-bond donors (Lipinski definition) is 0. The maximum atomic E-state index is 12.4. The molecule has 1 fully saturated rings. The summed E-state index contributed by atoms with van der Waals surface area (Å²) in [7, 11) is -1.26. The highest BCUT2D eigenvalue weighted by atomic mass is 32.2. The lowest BCUT2D eigenvalue weighted by molar-refractivity contribution is -0.130. The van der Waals surface area contributed by atoms with Crippen molar-refractivity contribution >= 4 is 27.5 Å². The lowest BCUT2D eigenvalue weighted by Crippen LogP contribution is -2.41. The summed E-state index contributed by atoms with van der Waals surface area (Å²) in [6.45, 7) is 3.89. The van der Waals surface area contributed by atoms with Gasteiger partial charge in [0.2, 0.25) is 5.91 Å². The highest BCUT2D eigenvalue weighted by Crippen LogP contribution is 2.26. The fraction of sp³-hybridized carbons (Fsp3) is 0.533. The number of benzene rings is 1. The molecular formula is C15H21NO3S2. The standard InChI is InChI=1S/C15H21NO3S2/c1-11-5-4-6-14(9-11)20-12(2)15(17)16(3)13-7-8-21(18,19)10-13/h4-6,9,12-13H,7-8,10H2,1-3H3/t12-,13+/m1/s1. The summed E-state index contributed by atoms with van der Waals surface area (Å²) in [6, 6.07) is 7.85. The number of rotatable bonds is 4. The first kappa shape index (κ1) is 16.4. The van der Waals surface area contributed by atoms with Crippen LogP contribution in [0.15, 0.2) is 29.2 Å². The van der Waals surface area contributed by atoms with Gasteiger partial charge in [-0.05, 0) is 32.4 Å². The average molecular weight is 327 g/mol. The van der Waals surface area contributed by atoms with Crippen LogP contribution in [-0.2, 0) is 14.6 Å². The van der Waals surface area contributed by atoms with Crippen molar-refractivity contribution in [3.63, 3.8) is 0 Å². The Morgan fingerprint density at radius 2 is 2.14 bits per heavy atom. The summed E-state index contributed by atoms with van der Waals surface area (Å²) in [5.74, 6) is 0.273. The van der Waals surface area contributed by atoms with Crippen molar-refractivity contribution in [2.75, 3.05) is 18.6 Å². The third kappa shape index (κ3) is 4.23. The van der Waals surface area contributed by atoms with E-state index in [-0.39, 0.29) is 28.7 Å². The molecule has 1 amide bonds. The number of sulfone groups is 1. The van der Waals surface area contributed by atoms with Crippen LogP contribution in [0.4, 0.5) is 0 Å². The molecule has 1 aromatic rings. The van der Waals surface area contributed by atoms with Gasteiger partial charge < -0.3 is 4.90 Å². The maximum Gasteiger partial charge on any atom is 0.235 e. The molecule has 0 N–H and O–H groups in total. The molecule has 1 aliphatic rings. The minimum Gasteiger partial charge on any atom is -0.341 e. The molecule has 1 aliphatic heterocycles. The second-order valence-electron chi connectivity index (χ2n) is 5.58. The Balaban J connectivity index is 1.99. The topological polar surface area (TPSA) is 54.5 Å². The van der Waals surface area contributed by atoms with Crippen LogP contribution < -0.4 is 0 Å². The average Bonchev–Trinajstić information content (AvgIpc) is 2.77. The number of nitrogens with zero attached hydrogens (tertiary/aromatic N) is 1. The summed E-state index contributed by atoms with van der Waals surface area (Å²) >= 11 is 1.51. The van der Waals surface area contributed by atoms with Gasteiger partial charge in [0.1, 0.15) is 0 Å². The lowest BCUT2D eigenvalue weighted by Gasteiger charge is -2.26. The van der Waals surface area contributed by atoms with Crippen LogP contribution in [-0.4, -0.2) is 49.1 Å². The molecule has 4 nitrogen and oxygen atoms in total. The highest BCUT2D eigenvalue weighted by molar-refractivity contribution is 8.00. The molecule has 116 valence electrons. The zero-order valence-electron chi connectivity index (χ0n) is 12.6. The molecule has 2 atom stereocenters. The molecule has 21 heavy (non-hydrogen) atoms. The Labute approximate surface area is 130 Å². The van der Waals surface area contributed by atoms with Gasteiger partial charge in [-0.2, -0.15) is 0 Å². The van der Waals surface area contributed by atoms with Crippen LogP contribution in [0.5, 0.6) is 0 Å². The number of carbonyl (C=O) groups is 1. The largest absolute Gasteiger partial charge is 0.341 e. The van der Waals surface area contributed by atoms with Gasteiger partial charge in [0.05, 0.1) is 16.8 Å². The summed E-state index contributed by atoms with van der Waals surface area (Å²) in [6.07, 6.45) is 0.548. The fourth-order valence-electron chi connectivity index (χ4n) is 2.49. The van der Waals surface area contributed by atoms with Crippen LogP contribution in [0.25, 0.3) is 0 Å². The molecule has 0 radical (unpaired) electrons. The summed E-state index contributed by atoms with van der Waals surface area (Å²) in [5.41, 5.74) is 1.16. The van der Waals surface area contributed by atoms with Gasteiger partial charge in [-0.3, -0.25) is 4.79 Å². The van der Waals surface area contributed by atoms with E-state index in [4.69, 9.17) is 0 Å². The molecule has 0 aliphatic carbocycles. The van der Waals surface area contributed by atoms with Gasteiger partial charge in [0, 0.05) is 18.0 Å². The number of aryl methyl sites for hydroxylation is 1. The zero-order valence-corrected chi connectivity index (χ0v) is 14.2. The SMILES string of the molecule is Cc1cccc(S[C@H](C)C(=O)N(C)[C@H]2CCS(=O)(=O)C2)c1. The Morgan fingerprint density at radius 1 is 1.43 bits per heavy atom. The normalized spacial score (nSPS) is 22.0. The van der Waals surface area contributed by atoms with E-state index in [0.29, 0.717) is 6.42 Å². The van der Waals surface area contributed by atoms with Gasteiger partial charge in [-0.15, -0.1) is 11.8 Å². The predicted octanol–water partition coefficient (Wildman–Crippen LogP) is 2.12. The van der Waals surface area contributed by atoms with E-state index < -0.39 is 9.84 Å². The van der Waals surface area contributed by atoms with Crippen LogP contribution >= 0.6 is 11.8 Å². The van der Waals surface area contributed by atoms with E-state index in [0.717, 1.165) is 10.5 Å². The van der Waals surface area contributed by atoms with E-state index in [2.05, 4.69) is 6.07 Å². The molecule has 1 saturated heterocycles. The molecule has 1 heterocycles. The first-order chi connectivity index (χ1) is 9.78. The van der Waals surface area contributed by atoms with Crippen LogP contribution in [0.3, 0.4) is 0 Å². The Kier molecular flexibility index (Phi) is 4.99. The molecule has 2 rings (SSSR count). The summed E-state index contributed by atoms with van der Waals surface area (Å²) in [4.78, 5) is 15.1. The molecule has 0 bridgehead atoms. The van der Waals surface area contributed by atoms with Gasteiger partial charge in [0.15, 0.2) is 9.84 Å². The van der Waals surface area contributed by atoms with Crippen molar-refractivity contribution in [1.82, 2.24) is 4.90 Å². The van der Waals surface area contributed by atoms with Gasteiger partial charge in [-0.1, -0.05) is 17.7 Å². The number of thioether (sulfide) groups is 1. The first-order valence-electron chi connectivity index (χ1n) is 6.99. The van der Waals surface area contributed by atoms with E-state index >= 15 is 0 Å². The maximum absolute atomic E-state index is 12.4. The minimum atomic E-state index is -2.96. The van der Waals surface area contributed by atoms with Crippen molar-refractivity contribution in [2.24, 2.45) is 0 Å². The quantitative estimate of drug-likeness (QED) is 0.795. The third-order valence-corrected chi connectivity index (χ3v) is 6.59. The molecule has 0 saturated carbocycles. The molecule has 1 aromatic carbocycles. The molecule has 0 spiro atoms. The van der Waals surface area contributed by atoms with Crippen LogP contribution in [0, 0.1) is 6.92 Å². The molecule has 6 heteroatoms. The lowest BCUT2D eigenvalue weighted by atomic mass is 10.2. The van der Waals surface area contributed by atoms with Gasteiger partial charge in [-0.25, -0.2) is 8.42 Å². The monoisotopic (exact) mass is 327 g/mol. The number of carbonyl (C=O) groups excluding carboxylic acids is 1. The van der Waals surface area contributed by atoms with Crippen molar-refractivity contribution in [3.8, 4) is 0 Å². The van der Waals surface area contributed by atoms with E-state index in [1.807, 2.05) is 32.0 Å². The van der Waals surface area contributed by atoms with Crippen molar-refractivity contribution in [2.45, 2.75) is 36.5 Å². The third-order valence-electron chi connectivity index (χ3n) is 3.75. The second kappa shape index (κ2) is 6.40. The highest BCUT2D eigenvalue weighted by Gasteiger charge is 2.34. The number of amides is 1. The smallest absolute Gasteiger partial charge is 0.235 e. The minimum absolute atomic E-state index is 0.0105. The molecular weight excluding hydrogens is 306 g/mol. The molecule has 0 unspecified atom stereocenters. The summed E-state index contributed by atoms with van der Waals surface area (Å²) < 4.78 is 23.0. The van der Waals surface area contributed by atoms with Crippen LogP contribution in [0.2, 0.25) is 0 Å². The van der Waals surface area contributed by atoms with Crippen molar-refractivity contribution in [3.05, 3.63) is 29.8 Å². The van der Waals surface area contributed by atoms with E-state index in [1.165, 1.54) is 11.8 Å². The van der Waals surface area contributed by atoms with Crippen LogP contribution in [0.1, 0.15) is 18.9 Å². The molecule has 0 aromatic heterocycles. The van der Waals surface area contributed by atoms with Gasteiger partial charge >= 0.3 is 0 Å². The van der Waals surface area contributed by atoms with E-state index in [9.17, 15) is 13.2 Å². The Bertz CT molecular complexity index is 628. The summed E-state index contributed by atoms with van der Waals surface area (Å²) in [5, 5.41) is -0.222. The van der Waals surface area contributed by atoms with E-state index in [1.54, 1.807) is 11.9 Å². The van der Waals surface area contributed by atoms with Crippen molar-refractivity contribution in [1.29, 1.82) is 0 Å². The predicted molar refractivity (Wildman–Crippen MR) is 86.3 cm³/mol. The second-order valence-corrected chi connectivity index (χ2v) is 9.23. The Hall–Kier alpha value is -1.01. The van der Waals surface area contributed by atoms with Crippen molar-refractivity contribution < 1.29 is 13.2 Å².